The number of rotatable bonds is 2. The standard InChI is InChI=1S/C14H16N6/c1-3-10(9-15-7-1)14-18-17-13-6-5-12(19-20(13)14)11-4-2-8-16-11/h2,4-6,8,10,15-16H,1,3,7,9H2. The Kier molecular flexibility index (Phi) is 2.74. The van der Waals surface area contributed by atoms with Crippen LogP contribution < -0.4 is 5.32 Å². The molecule has 0 radical (unpaired) electrons. The summed E-state index contributed by atoms with van der Waals surface area (Å²) in [6, 6.07) is 7.92. The van der Waals surface area contributed by atoms with Crippen LogP contribution in [0.2, 0.25) is 0 Å². The average Bonchev–Trinajstić information content (AvgIpc) is 3.17. The van der Waals surface area contributed by atoms with Crippen LogP contribution in [0.5, 0.6) is 0 Å². The van der Waals surface area contributed by atoms with Crippen LogP contribution in [0.3, 0.4) is 0 Å². The Hall–Kier alpha value is -2.21. The van der Waals surface area contributed by atoms with Gasteiger partial charge in [-0.1, -0.05) is 0 Å². The Morgan fingerprint density at radius 1 is 1.20 bits per heavy atom. The molecular weight excluding hydrogens is 252 g/mol. The van der Waals surface area contributed by atoms with Gasteiger partial charge in [0.25, 0.3) is 0 Å². The first kappa shape index (κ1) is 11.6. The number of hydrogen-bond acceptors (Lipinski definition) is 4. The maximum Gasteiger partial charge on any atom is 0.177 e. The van der Waals surface area contributed by atoms with Crippen LogP contribution in [0, 0.1) is 0 Å². The van der Waals surface area contributed by atoms with E-state index >= 15 is 0 Å². The predicted molar refractivity (Wildman–Crippen MR) is 75.4 cm³/mol. The second kappa shape index (κ2) is 4.72. The second-order valence-corrected chi connectivity index (χ2v) is 5.17. The monoisotopic (exact) mass is 268 g/mol. The van der Waals surface area contributed by atoms with Gasteiger partial charge in [0, 0.05) is 18.7 Å². The van der Waals surface area contributed by atoms with Crippen LogP contribution in [0.25, 0.3) is 17.0 Å². The van der Waals surface area contributed by atoms with Crippen molar-refractivity contribution in [3.05, 3.63) is 36.3 Å². The van der Waals surface area contributed by atoms with Gasteiger partial charge >= 0.3 is 0 Å². The van der Waals surface area contributed by atoms with E-state index in [-0.39, 0.29) is 0 Å². The normalized spacial score (nSPS) is 19.5. The summed E-state index contributed by atoms with van der Waals surface area (Å²) in [5.74, 6) is 1.35. The van der Waals surface area contributed by atoms with Crippen molar-refractivity contribution >= 4 is 5.65 Å². The Labute approximate surface area is 116 Å². The fourth-order valence-electron chi connectivity index (χ4n) is 2.77. The fraction of sp³-hybridized carbons (Fsp3) is 0.357. The molecule has 0 aromatic carbocycles. The van der Waals surface area contributed by atoms with Crippen molar-refractivity contribution in [1.82, 2.24) is 30.1 Å². The number of piperidine rings is 1. The summed E-state index contributed by atoms with van der Waals surface area (Å²) in [6.45, 7) is 2.05. The lowest BCUT2D eigenvalue weighted by Gasteiger charge is -2.20. The van der Waals surface area contributed by atoms with Crippen LogP contribution in [-0.2, 0) is 0 Å². The van der Waals surface area contributed by atoms with E-state index in [0.29, 0.717) is 5.92 Å². The van der Waals surface area contributed by atoms with Crippen molar-refractivity contribution in [3.63, 3.8) is 0 Å². The molecule has 4 rings (SSSR count). The van der Waals surface area contributed by atoms with Gasteiger partial charge in [-0.15, -0.1) is 10.2 Å². The number of hydrogen-bond donors (Lipinski definition) is 2. The minimum Gasteiger partial charge on any atom is -0.360 e. The molecule has 0 aliphatic carbocycles. The van der Waals surface area contributed by atoms with Gasteiger partial charge in [-0.25, -0.2) is 0 Å². The van der Waals surface area contributed by atoms with Crippen LogP contribution in [0.15, 0.2) is 30.5 Å². The maximum atomic E-state index is 4.69. The lowest BCUT2D eigenvalue weighted by atomic mass is 9.99. The highest BCUT2D eigenvalue weighted by molar-refractivity contribution is 5.55. The van der Waals surface area contributed by atoms with Crippen molar-refractivity contribution in [2.75, 3.05) is 13.1 Å². The van der Waals surface area contributed by atoms with Gasteiger partial charge in [-0.2, -0.15) is 9.61 Å². The third-order valence-electron chi connectivity index (χ3n) is 3.82. The van der Waals surface area contributed by atoms with Gasteiger partial charge in [0.05, 0.1) is 5.69 Å². The highest BCUT2D eigenvalue weighted by Crippen LogP contribution is 2.22. The first-order valence-electron chi connectivity index (χ1n) is 6.99. The summed E-state index contributed by atoms with van der Waals surface area (Å²) in [7, 11) is 0. The topological polar surface area (TPSA) is 70.9 Å². The summed E-state index contributed by atoms with van der Waals surface area (Å²) in [5.41, 5.74) is 2.72. The molecule has 6 heteroatoms. The smallest absolute Gasteiger partial charge is 0.177 e. The molecule has 102 valence electrons. The zero-order valence-corrected chi connectivity index (χ0v) is 11.1. The van der Waals surface area contributed by atoms with E-state index in [0.717, 1.165) is 42.4 Å². The van der Waals surface area contributed by atoms with Crippen molar-refractivity contribution in [3.8, 4) is 11.4 Å². The maximum absolute atomic E-state index is 4.69. The number of nitrogens with one attached hydrogen (secondary N) is 2. The van der Waals surface area contributed by atoms with Crippen LogP contribution in [0.4, 0.5) is 0 Å². The fourth-order valence-corrected chi connectivity index (χ4v) is 2.77. The van der Waals surface area contributed by atoms with Gasteiger partial charge < -0.3 is 10.3 Å². The predicted octanol–water partition coefficient (Wildman–Crippen LogP) is 1.59. The summed E-state index contributed by atoms with van der Waals surface area (Å²) in [5, 5.41) is 16.7. The first-order chi connectivity index (χ1) is 9.92. The Balaban J connectivity index is 1.79. The lowest BCUT2D eigenvalue weighted by molar-refractivity contribution is 0.440. The number of aromatic nitrogens is 5. The van der Waals surface area contributed by atoms with E-state index in [1.165, 1.54) is 6.42 Å². The minimum absolute atomic E-state index is 0.394. The molecule has 0 bridgehead atoms. The average molecular weight is 268 g/mol. The number of fused-ring (bicyclic) bond motifs is 1. The quantitative estimate of drug-likeness (QED) is 0.740. The molecule has 1 fully saturated rings. The van der Waals surface area contributed by atoms with Gasteiger partial charge in [0.15, 0.2) is 11.5 Å². The first-order valence-corrected chi connectivity index (χ1v) is 6.99. The van der Waals surface area contributed by atoms with E-state index in [4.69, 9.17) is 0 Å². The summed E-state index contributed by atoms with van der Waals surface area (Å²) < 4.78 is 1.88. The Morgan fingerprint density at radius 2 is 2.20 bits per heavy atom. The molecule has 2 N–H and O–H groups in total. The summed E-state index contributed by atoms with van der Waals surface area (Å²) >= 11 is 0. The molecule has 0 amide bonds. The second-order valence-electron chi connectivity index (χ2n) is 5.17. The number of H-pyrrole nitrogens is 1. The van der Waals surface area contributed by atoms with Gasteiger partial charge in [0.2, 0.25) is 0 Å². The van der Waals surface area contributed by atoms with Gasteiger partial charge in [0.1, 0.15) is 5.69 Å². The molecule has 6 nitrogen and oxygen atoms in total. The molecule has 4 heterocycles. The Bertz CT molecular complexity index is 708. The molecule has 1 unspecified atom stereocenters. The van der Waals surface area contributed by atoms with E-state index in [9.17, 15) is 0 Å². The van der Waals surface area contributed by atoms with Crippen LogP contribution in [0.1, 0.15) is 24.6 Å². The third kappa shape index (κ3) is 1.89. The molecule has 1 aliphatic rings. The number of aromatic amines is 1. The summed E-state index contributed by atoms with van der Waals surface area (Å²) in [4.78, 5) is 3.18. The van der Waals surface area contributed by atoms with Crippen molar-refractivity contribution < 1.29 is 0 Å². The molecule has 1 saturated heterocycles. The highest BCUT2D eigenvalue weighted by atomic mass is 15.4. The molecular formula is C14H16N6. The zero-order valence-electron chi connectivity index (χ0n) is 11.1. The summed E-state index contributed by atoms with van der Waals surface area (Å²) in [6.07, 6.45) is 4.22. The SMILES string of the molecule is c1c[nH]c(-c2ccc3nnc(C4CCCNC4)n3n2)c1. The molecule has 0 saturated carbocycles. The van der Waals surface area contributed by atoms with Crippen molar-refractivity contribution in [2.45, 2.75) is 18.8 Å². The van der Waals surface area contributed by atoms with E-state index in [2.05, 4.69) is 25.6 Å². The van der Waals surface area contributed by atoms with E-state index in [1.807, 2.05) is 35.0 Å². The van der Waals surface area contributed by atoms with E-state index < -0.39 is 0 Å². The van der Waals surface area contributed by atoms with Crippen LogP contribution >= 0.6 is 0 Å². The zero-order chi connectivity index (χ0) is 13.4. The molecule has 3 aromatic rings. The van der Waals surface area contributed by atoms with Crippen molar-refractivity contribution in [1.29, 1.82) is 0 Å². The third-order valence-corrected chi connectivity index (χ3v) is 3.82. The van der Waals surface area contributed by atoms with Gasteiger partial charge in [-0.05, 0) is 43.7 Å². The highest BCUT2D eigenvalue weighted by Gasteiger charge is 2.21. The molecule has 1 aliphatic heterocycles. The lowest BCUT2D eigenvalue weighted by Crippen LogP contribution is -2.29. The van der Waals surface area contributed by atoms with Crippen molar-refractivity contribution in [2.24, 2.45) is 0 Å². The largest absolute Gasteiger partial charge is 0.360 e. The molecule has 1 atom stereocenters. The molecule has 20 heavy (non-hydrogen) atoms. The Morgan fingerprint density at radius 3 is 3.00 bits per heavy atom. The van der Waals surface area contributed by atoms with E-state index in [1.54, 1.807) is 0 Å². The number of nitrogens with zero attached hydrogens (tertiary/aromatic N) is 4. The van der Waals surface area contributed by atoms with Crippen LogP contribution in [-0.4, -0.2) is 37.9 Å². The minimum atomic E-state index is 0.394. The molecule has 0 spiro atoms. The van der Waals surface area contributed by atoms with Gasteiger partial charge in [-0.3, -0.25) is 0 Å². The molecule has 3 aromatic heterocycles.